The zero-order valence-corrected chi connectivity index (χ0v) is 6.93. The third-order valence-corrected chi connectivity index (χ3v) is 3.21. The molecule has 0 saturated carbocycles. The summed E-state index contributed by atoms with van der Waals surface area (Å²) in [4.78, 5) is 10.9. The van der Waals surface area contributed by atoms with Gasteiger partial charge in [0.25, 0.3) is 0 Å². The first-order valence-electron chi connectivity index (χ1n) is 3.66. The number of hydrazine groups is 1. The lowest BCUT2D eigenvalue weighted by molar-refractivity contribution is -0.106. The monoisotopic (exact) mass is 170 g/mol. The van der Waals surface area contributed by atoms with Gasteiger partial charge in [-0.3, -0.25) is 10.6 Å². The summed E-state index contributed by atoms with van der Waals surface area (Å²) in [6.45, 7) is 1.67. The Balaban J connectivity index is 2.15. The van der Waals surface area contributed by atoms with Gasteiger partial charge in [-0.2, -0.15) is 0 Å². The van der Waals surface area contributed by atoms with Crippen LogP contribution in [0.1, 0.15) is 6.42 Å². The summed E-state index contributed by atoms with van der Waals surface area (Å²) in [5.41, 5.74) is 1.20. The number of hydrogen-bond acceptors (Lipinski definition) is 4. The van der Waals surface area contributed by atoms with Crippen molar-refractivity contribution < 1.29 is 4.79 Å². The van der Waals surface area contributed by atoms with E-state index in [2.05, 4.69) is 0 Å². The van der Waals surface area contributed by atoms with Gasteiger partial charge in [-0.05, 0) is 18.1 Å². The SMILES string of the molecule is NN1CCC2SC(=O)C=C2C1. The van der Waals surface area contributed by atoms with Crippen LogP contribution in [-0.4, -0.2) is 28.5 Å². The van der Waals surface area contributed by atoms with Crippen molar-refractivity contribution in [1.29, 1.82) is 0 Å². The van der Waals surface area contributed by atoms with E-state index in [1.807, 2.05) is 0 Å². The summed E-state index contributed by atoms with van der Waals surface area (Å²) in [6.07, 6.45) is 2.74. The Kier molecular flexibility index (Phi) is 1.75. The highest BCUT2D eigenvalue weighted by molar-refractivity contribution is 8.15. The Morgan fingerprint density at radius 2 is 2.55 bits per heavy atom. The molecule has 0 aliphatic carbocycles. The summed E-state index contributed by atoms with van der Waals surface area (Å²) in [7, 11) is 0. The molecule has 2 rings (SSSR count). The Labute approximate surface area is 69.6 Å². The second-order valence-electron chi connectivity index (χ2n) is 2.90. The largest absolute Gasteiger partial charge is 0.282 e. The molecular formula is C7H10N2OS. The van der Waals surface area contributed by atoms with Crippen LogP contribution in [-0.2, 0) is 4.79 Å². The number of carbonyl (C=O) groups is 1. The predicted molar refractivity (Wildman–Crippen MR) is 44.8 cm³/mol. The maximum absolute atomic E-state index is 10.9. The maximum atomic E-state index is 10.9. The minimum atomic E-state index is 0.195. The molecule has 3 nitrogen and oxygen atoms in total. The van der Waals surface area contributed by atoms with E-state index < -0.39 is 0 Å². The van der Waals surface area contributed by atoms with Gasteiger partial charge in [-0.25, -0.2) is 5.01 Å². The molecule has 1 atom stereocenters. The fourth-order valence-electron chi connectivity index (χ4n) is 1.48. The standard InChI is InChI=1S/C7H10N2OS/c8-9-2-1-6-5(4-9)3-7(10)11-6/h3,6H,1-2,4,8H2. The molecule has 2 N–H and O–H groups in total. The highest BCUT2D eigenvalue weighted by atomic mass is 32.2. The predicted octanol–water partition coefficient (Wildman–Crippen LogP) is 0.134. The number of nitrogens with two attached hydrogens (primary N) is 1. The summed E-state index contributed by atoms with van der Waals surface area (Å²) in [5.74, 6) is 5.61. The average molecular weight is 170 g/mol. The van der Waals surface area contributed by atoms with Crippen LogP contribution in [0.15, 0.2) is 11.6 Å². The zero-order valence-electron chi connectivity index (χ0n) is 6.12. The lowest BCUT2D eigenvalue weighted by Gasteiger charge is -2.26. The maximum Gasteiger partial charge on any atom is 0.212 e. The molecule has 2 heterocycles. The Morgan fingerprint density at radius 1 is 1.73 bits per heavy atom. The Hall–Kier alpha value is -0.320. The number of thioether (sulfide) groups is 1. The number of hydrogen-bond donors (Lipinski definition) is 1. The van der Waals surface area contributed by atoms with Crippen LogP contribution in [0.2, 0.25) is 0 Å². The molecule has 1 fully saturated rings. The van der Waals surface area contributed by atoms with Crippen LogP contribution in [0.4, 0.5) is 0 Å². The molecule has 0 aromatic rings. The average Bonchev–Trinajstić information content (AvgIpc) is 2.27. The van der Waals surface area contributed by atoms with Crippen LogP contribution in [0.5, 0.6) is 0 Å². The van der Waals surface area contributed by atoms with E-state index in [1.165, 1.54) is 17.3 Å². The number of nitrogens with zero attached hydrogens (tertiary/aromatic N) is 1. The van der Waals surface area contributed by atoms with Crippen molar-refractivity contribution in [2.75, 3.05) is 13.1 Å². The fourth-order valence-corrected chi connectivity index (χ4v) is 2.50. The Morgan fingerprint density at radius 3 is 3.36 bits per heavy atom. The van der Waals surface area contributed by atoms with Crippen molar-refractivity contribution in [3.8, 4) is 0 Å². The van der Waals surface area contributed by atoms with Gasteiger partial charge in [0.1, 0.15) is 0 Å². The molecule has 0 aromatic heterocycles. The molecule has 1 unspecified atom stereocenters. The first kappa shape index (κ1) is 7.34. The van der Waals surface area contributed by atoms with E-state index >= 15 is 0 Å². The summed E-state index contributed by atoms with van der Waals surface area (Å²) in [6, 6.07) is 0. The summed E-state index contributed by atoms with van der Waals surface area (Å²) >= 11 is 1.44. The molecule has 0 bridgehead atoms. The minimum Gasteiger partial charge on any atom is -0.282 e. The lowest BCUT2D eigenvalue weighted by atomic mass is 10.1. The smallest absolute Gasteiger partial charge is 0.212 e. The van der Waals surface area contributed by atoms with Gasteiger partial charge in [0.05, 0.1) is 0 Å². The van der Waals surface area contributed by atoms with Crippen LogP contribution in [0.3, 0.4) is 0 Å². The molecule has 0 radical (unpaired) electrons. The third-order valence-electron chi connectivity index (χ3n) is 2.04. The van der Waals surface area contributed by atoms with Gasteiger partial charge in [-0.15, -0.1) is 0 Å². The van der Waals surface area contributed by atoms with E-state index in [0.717, 1.165) is 19.5 Å². The number of piperidine rings is 1. The minimum absolute atomic E-state index is 0.195. The molecule has 0 spiro atoms. The molecule has 2 aliphatic heterocycles. The van der Waals surface area contributed by atoms with Crippen LogP contribution < -0.4 is 5.84 Å². The van der Waals surface area contributed by atoms with Gasteiger partial charge in [0, 0.05) is 18.3 Å². The van der Waals surface area contributed by atoms with Gasteiger partial charge in [0.2, 0.25) is 5.12 Å². The van der Waals surface area contributed by atoms with E-state index in [1.54, 1.807) is 11.1 Å². The molecule has 60 valence electrons. The topological polar surface area (TPSA) is 46.3 Å². The highest BCUT2D eigenvalue weighted by Crippen LogP contribution is 2.33. The normalized spacial score (nSPS) is 31.9. The first-order chi connectivity index (χ1) is 5.25. The molecule has 0 aromatic carbocycles. The fraction of sp³-hybridized carbons (Fsp3) is 0.571. The first-order valence-corrected chi connectivity index (χ1v) is 4.54. The second kappa shape index (κ2) is 2.62. The number of carbonyl (C=O) groups excluding carboxylic acids is 1. The van der Waals surface area contributed by atoms with Crippen molar-refractivity contribution in [2.45, 2.75) is 11.7 Å². The molecule has 11 heavy (non-hydrogen) atoms. The van der Waals surface area contributed by atoms with Crippen LogP contribution >= 0.6 is 11.8 Å². The van der Waals surface area contributed by atoms with E-state index in [4.69, 9.17) is 5.84 Å². The van der Waals surface area contributed by atoms with Crippen molar-refractivity contribution in [3.63, 3.8) is 0 Å². The summed E-state index contributed by atoms with van der Waals surface area (Å²) < 4.78 is 0. The van der Waals surface area contributed by atoms with Crippen molar-refractivity contribution in [3.05, 3.63) is 11.6 Å². The quantitative estimate of drug-likeness (QED) is 0.525. The molecule has 2 aliphatic rings. The van der Waals surface area contributed by atoms with Gasteiger partial charge < -0.3 is 0 Å². The molecule has 4 heteroatoms. The third kappa shape index (κ3) is 1.34. The van der Waals surface area contributed by atoms with Gasteiger partial charge >= 0.3 is 0 Å². The Bertz CT molecular complexity index is 226. The molecule has 0 amide bonds. The summed E-state index contributed by atoms with van der Waals surface area (Å²) in [5, 5.41) is 2.39. The van der Waals surface area contributed by atoms with Crippen molar-refractivity contribution in [2.24, 2.45) is 5.84 Å². The highest BCUT2D eigenvalue weighted by Gasteiger charge is 2.29. The van der Waals surface area contributed by atoms with Gasteiger partial charge in [0.15, 0.2) is 0 Å². The lowest BCUT2D eigenvalue weighted by Crippen LogP contribution is -2.40. The molecular weight excluding hydrogens is 160 g/mol. The van der Waals surface area contributed by atoms with Crippen molar-refractivity contribution in [1.82, 2.24) is 5.01 Å². The van der Waals surface area contributed by atoms with Crippen LogP contribution in [0.25, 0.3) is 0 Å². The number of rotatable bonds is 0. The van der Waals surface area contributed by atoms with Gasteiger partial charge in [-0.1, -0.05) is 11.8 Å². The zero-order chi connectivity index (χ0) is 7.84. The van der Waals surface area contributed by atoms with E-state index in [-0.39, 0.29) is 5.12 Å². The van der Waals surface area contributed by atoms with Crippen molar-refractivity contribution >= 4 is 16.9 Å². The second-order valence-corrected chi connectivity index (χ2v) is 4.11. The number of fused-ring (bicyclic) bond motifs is 1. The molecule has 1 saturated heterocycles. The van der Waals surface area contributed by atoms with Crippen LogP contribution in [0, 0.1) is 0 Å². The van der Waals surface area contributed by atoms with E-state index in [9.17, 15) is 4.79 Å². The van der Waals surface area contributed by atoms with E-state index in [0.29, 0.717) is 5.25 Å².